The van der Waals surface area contributed by atoms with Crippen LogP contribution in [0.25, 0.3) is 0 Å². The van der Waals surface area contributed by atoms with Gasteiger partial charge >= 0.3 is 0 Å². The lowest BCUT2D eigenvalue weighted by atomic mass is 9.78. The second-order valence-corrected chi connectivity index (χ2v) is 5.54. The molecular weight excluding hydrogens is 269 g/mol. The summed E-state index contributed by atoms with van der Waals surface area (Å²) in [5.74, 6) is -0.141. The monoisotopic (exact) mass is 285 g/mol. The van der Waals surface area contributed by atoms with Crippen LogP contribution in [0, 0.1) is 12.7 Å². The maximum Gasteiger partial charge on any atom is 0.140 e. The van der Waals surface area contributed by atoms with E-state index >= 15 is 0 Å². The van der Waals surface area contributed by atoms with Crippen molar-refractivity contribution in [3.05, 3.63) is 33.5 Å². The lowest BCUT2D eigenvalue weighted by Crippen LogP contribution is -2.32. The van der Waals surface area contributed by atoms with E-state index in [1.807, 2.05) is 12.1 Å². The third kappa shape index (κ3) is 1.80. The SMILES string of the molecule is Cc1ccc(C2(CN)CCCC2)c(Br)c1F. The number of halogens is 2. The van der Waals surface area contributed by atoms with Crippen molar-refractivity contribution in [2.45, 2.75) is 38.0 Å². The Kier molecular flexibility index (Phi) is 3.36. The molecule has 0 unspecified atom stereocenters. The molecule has 0 heterocycles. The smallest absolute Gasteiger partial charge is 0.140 e. The first-order chi connectivity index (χ1) is 7.60. The zero-order valence-electron chi connectivity index (χ0n) is 9.52. The molecule has 3 heteroatoms. The van der Waals surface area contributed by atoms with Crippen LogP contribution in [-0.2, 0) is 5.41 Å². The topological polar surface area (TPSA) is 26.0 Å². The Morgan fingerprint density at radius 3 is 2.56 bits per heavy atom. The molecule has 0 aromatic heterocycles. The Morgan fingerprint density at radius 1 is 1.38 bits per heavy atom. The molecule has 0 radical (unpaired) electrons. The second-order valence-electron chi connectivity index (χ2n) is 4.75. The average Bonchev–Trinajstić information content (AvgIpc) is 2.76. The molecule has 1 nitrogen and oxygen atoms in total. The molecule has 0 saturated heterocycles. The zero-order chi connectivity index (χ0) is 11.8. The fourth-order valence-electron chi connectivity index (χ4n) is 2.69. The minimum atomic E-state index is -0.141. The predicted octanol–water partition coefficient (Wildman–Crippen LogP) is 3.67. The Hall–Kier alpha value is -0.410. The number of aryl methyl sites for hydroxylation is 1. The molecule has 0 spiro atoms. The van der Waals surface area contributed by atoms with Crippen LogP contribution in [0.2, 0.25) is 0 Å². The van der Waals surface area contributed by atoms with E-state index in [1.165, 1.54) is 12.8 Å². The molecule has 0 amide bonds. The van der Waals surface area contributed by atoms with E-state index in [1.54, 1.807) is 6.92 Å². The van der Waals surface area contributed by atoms with Crippen molar-refractivity contribution < 1.29 is 4.39 Å². The standard InChI is InChI=1S/C13H17BrFN/c1-9-4-5-10(11(14)12(9)15)13(8-16)6-2-3-7-13/h4-5H,2-3,6-8,16H2,1H3. The van der Waals surface area contributed by atoms with Gasteiger partial charge in [0, 0.05) is 12.0 Å². The van der Waals surface area contributed by atoms with Crippen molar-refractivity contribution in [3.63, 3.8) is 0 Å². The Bertz CT molecular complexity index is 397. The molecular formula is C13H17BrFN. The number of benzene rings is 1. The molecule has 88 valence electrons. The van der Waals surface area contributed by atoms with Gasteiger partial charge in [-0.15, -0.1) is 0 Å². The quantitative estimate of drug-likeness (QED) is 0.882. The summed E-state index contributed by atoms with van der Waals surface area (Å²) >= 11 is 3.39. The minimum absolute atomic E-state index is 0.00657. The Labute approximate surface area is 104 Å². The highest BCUT2D eigenvalue weighted by Crippen LogP contribution is 2.44. The van der Waals surface area contributed by atoms with E-state index in [0.717, 1.165) is 18.4 Å². The largest absolute Gasteiger partial charge is 0.330 e. The van der Waals surface area contributed by atoms with E-state index in [-0.39, 0.29) is 11.2 Å². The molecule has 1 saturated carbocycles. The maximum absolute atomic E-state index is 13.9. The fraction of sp³-hybridized carbons (Fsp3) is 0.538. The van der Waals surface area contributed by atoms with Crippen molar-refractivity contribution in [2.75, 3.05) is 6.54 Å². The molecule has 0 bridgehead atoms. The van der Waals surface area contributed by atoms with E-state index in [4.69, 9.17) is 5.73 Å². The Morgan fingerprint density at radius 2 is 2.00 bits per heavy atom. The Balaban J connectivity index is 2.51. The lowest BCUT2D eigenvalue weighted by Gasteiger charge is -2.29. The van der Waals surface area contributed by atoms with E-state index in [2.05, 4.69) is 15.9 Å². The van der Waals surface area contributed by atoms with Crippen molar-refractivity contribution in [1.82, 2.24) is 0 Å². The van der Waals surface area contributed by atoms with E-state index in [9.17, 15) is 4.39 Å². The van der Waals surface area contributed by atoms with Gasteiger partial charge in [0.05, 0.1) is 4.47 Å². The molecule has 2 rings (SSSR count). The first-order valence-corrected chi connectivity index (χ1v) is 6.55. The van der Waals surface area contributed by atoms with Crippen molar-refractivity contribution in [1.29, 1.82) is 0 Å². The molecule has 16 heavy (non-hydrogen) atoms. The summed E-state index contributed by atoms with van der Waals surface area (Å²) < 4.78 is 14.5. The number of nitrogens with two attached hydrogens (primary N) is 1. The maximum atomic E-state index is 13.9. The van der Waals surface area contributed by atoms with Crippen LogP contribution in [0.15, 0.2) is 16.6 Å². The molecule has 1 aliphatic rings. The van der Waals surface area contributed by atoms with Gasteiger partial charge in [-0.25, -0.2) is 4.39 Å². The highest BCUT2D eigenvalue weighted by atomic mass is 79.9. The summed E-state index contributed by atoms with van der Waals surface area (Å²) in [5, 5.41) is 0. The van der Waals surface area contributed by atoms with Gasteiger partial charge in [-0.2, -0.15) is 0 Å². The van der Waals surface area contributed by atoms with Gasteiger partial charge in [-0.05, 0) is 46.8 Å². The van der Waals surface area contributed by atoms with Crippen LogP contribution in [-0.4, -0.2) is 6.54 Å². The summed E-state index contributed by atoms with van der Waals surface area (Å²) in [7, 11) is 0. The predicted molar refractivity (Wildman–Crippen MR) is 68.0 cm³/mol. The van der Waals surface area contributed by atoms with Gasteiger partial charge < -0.3 is 5.73 Å². The van der Waals surface area contributed by atoms with Gasteiger partial charge in [0.2, 0.25) is 0 Å². The van der Waals surface area contributed by atoms with Crippen molar-refractivity contribution in [2.24, 2.45) is 5.73 Å². The van der Waals surface area contributed by atoms with Crippen molar-refractivity contribution >= 4 is 15.9 Å². The van der Waals surface area contributed by atoms with Gasteiger partial charge in [-0.1, -0.05) is 25.0 Å². The van der Waals surface area contributed by atoms with Crippen LogP contribution in [0.3, 0.4) is 0 Å². The summed E-state index contributed by atoms with van der Waals surface area (Å²) in [6.45, 7) is 2.39. The van der Waals surface area contributed by atoms with Crippen LogP contribution in [0.1, 0.15) is 36.8 Å². The van der Waals surface area contributed by atoms with Gasteiger partial charge in [0.25, 0.3) is 0 Å². The van der Waals surface area contributed by atoms with Crippen LogP contribution < -0.4 is 5.73 Å². The molecule has 1 aliphatic carbocycles. The highest BCUT2D eigenvalue weighted by Gasteiger charge is 2.36. The first-order valence-electron chi connectivity index (χ1n) is 5.76. The molecule has 1 fully saturated rings. The van der Waals surface area contributed by atoms with Gasteiger partial charge in [-0.3, -0.25) is 0 Å². The molecule has 0 atom stereocenters. The minimum Gasteiger partial charge on any atom is -0.330 e. The van der Waals surface area contributed by atoms with E-state index < -0.39 is 0 Å². The third-order valence-corrected chi connectivity index (χ3v) is 4.57. The zero-order valence-corrected chi connectivity index (χ0v) is 11.1. The molecule has 1 aromatic carbocycles. The lowest BCUT2D eigenvalue weighted by molar-refractivity contribution is 0.446. The second kappa shape index (κ2) is 4.46. The summed E-state index contributed by atoms with van der Waals surface area (Å²) in [6.07, 6.45) is 4.54. The number of hydrogen-bond acceptors (Lipinski definition) is 1. The number of hydrogen-bond donors (Lipinski definition) is 1. The fourth-order valence-corrected chi connectivity index (χ4v) is 3.56. The third-order valence-electron chi connectivity index (χ3n) is 3.80. The molecule has 2 N–H and O–H groups in total. The van der Waals surface area contributed by atoms with Gasteiger partial charge in [0.15, 0.2) is 0 Å². The summed E-state index contributed by atoms with van der Waals surface area (Å²) in [4.78, 5) is 0. The molecule has 0 aliphatic heterocycles. The van der Waals surface area contributed by atoms with Crippen molar-refractivity contribution in [3.8, 4) is 0 Å². The highest BCUT2D eigenvalue weighted by molar-refractivity contribution is 9.10. The van der Waals surface area contributed by atoms with Crippen LogP contribution >= 0.6 is 15.9 Å². The average molecular weight is 286 g/mol. The number of rotatable bonds is 2. The summed E-state index contributed by atoms with van der Waals surface area (Å²) in [5.41, 5.74) is 7.64. The van der Waals surface area contributed by atoms with Crippen LogP contribution in [0.4, 0.5) is 4.39 Å². The van der Waals surface area contributed by atoms with Crippen LogP contribution in [0.5, 0.6) is 0 Å². The van der Waals surface area contributed by atoms with E-state index in [0.29, 0.717) is 16.6 Å². The van der Waals surface area contributed by atoms with Gasteiger partial charge in [0.1, 0.15) is 5.82 Å². The normalized spacial score (nSPS) is 19.0. The molecule has 1 aromatic rings. The summed E-state index contributed by atoms with van der Waals surface area (Å²) in [6, 6.07) is 3.88. The first kappa shape index (κ1) is 12.1.